The van der Waals surface area contributed by atoms with E-state index < -0.39 is 0 Å². The van der Waals surface area contributed by atoms with Crippen LogP contribution in [0.5, 0.6) is 0 Å². The van der Waals surface area contributed by atoms with Gasteiger partial charge >= 0.3 is 0 Å². The predicted octanol–water partition coefficient (Wildman–Crippen LogP) is 1.88. The first-order chi connectivity index (χ1) is 3.27. The summed E-state index contributed by atoms with van der Waals surface area (Å²) in [5, 5.41) is -0.345. The van der Waals surface area contributed by atoms with Crippen LogP contribution in [-0.4, -0.2) is 5.06 Å². The van der Waals surface area contributed by atoms with Gasteiger partial charge in [0.2, 0.25) is 0 Å². The SMILES string of the molecule is C=COC1(Cl)CC1. The molecule has 0 amide bonds. The molecule has 0 saturated heterocycles. The summed E-state index contributed by atoms with van der Waals surface area (Å²) in [6.45, 7) is 3.38. The van der Waals surface area contributed by atoms with Crippen molar-refractivity contribution < 1.29 is 4.74 Å². The second-order valence-electron chi connectivity index (χ2n) is 1.67. The number of hydrogen-bond acceptors (Lipinski definition) is 1. The van der Waals surface area contributed by atoms with Crippen molar-refractivity contribution in [3.63, 3.8) is 0 Å². The smallest absolute Gasteiger partial charge is 0.181 e. The van der Waals surface area contributed by atoms with Crippen LogP contribution in [0.4, 0.5) is 0 Å². The molecule has 0 aromatic rings. The topological polar surface area (TPSA) is 9.23 Å². The lowest BCUT2D eigenvalue weighted by atomic mass is 10.8. The van der Waals surface area contributed by atoms with E-state index in [0.717, 1.165) is 12.8 Å². The first-order valence-corrected chi connectivity index (χ1v) is 2.62. The first kappa shape index (κ1) is 4.98. The van der Waals surface area contributed by atoms with Gasteiger partial charge in [0, 0.05) is 12.8 Å². The van der Waals surface area contributed by atoms with Crippen LogP contribution in [0, 0.1) is 0 Å². The van der Waals surface area contributed by atoms with Crippen molar-refractivity contribution in [3.05, 3.63) is 12.8 Å². The highest BCUT2D eigenvalue weighted by molar-refractivity contribution is 6.24. The van der Waals surface area contributed by atoms with Gasteiger partial charge in [-0.25, -0.2) is 0 Å². The summed E-state index contributed by atoms with van der Waals surface area (Å²) in [5.74, 6) is 0. The minimum absolute atomic E-state index is 0.345. The number of rotatable bonds is 2. The summed E-state index contributed by atoms with van der Waals surface area (Å²) >= 11 is 5.65. The third-order valence-corrected chi connectivity index (χ3v) is 1.40. The molecule has 1 saturated carbocycles. The standard InChI is InChI=1S/C5H7ClO/c1-2-7-5(6)3-4-5/h2H,1,3-4H2. The monoisotopic (exact) mass is 118 g/mol. The van der Waals surface area contributed by atoms with E-state index in [4.69, 9.17) is 16.3 Å². The van der Waals surface area contributed by atoms with Gasteiger partial charge in [-0.05, 0) is 0 Å². The molecule has 1 aliphatic rings. The van der Waals surface area contributed by atoms with Gasteiger partial charge in [0.25, 0.3) is 0 Å². The van der Waals surface area contributed by atoms with Gasteiger partial charge in [0.15, 0.2) is 5.06 Å². The van der Waals surface area contributed by atoms with Crippen LogP contribution in [0.2, 0.25) is 0 Å². The van der Waals surface area contributed by atoms with Crippen LogP contribution in [0.1, 0.15) is 12.8 Å². The molecule has 0 atom stereocenters. The molecular weight excluding hydrogens is 112 g/mol. The molecule has 0 radical (unpaired) electrons. The van der Waals surface area contributed by atoms with E-state index in [0.29, 0.717) is 0 Å². The maximum atomic E-state index is 5.65. The summed E-state index contributed by atoms with van der Waals surface area (Å²) in [6.07, 6.45) is 3.31. The molecule has 0 aliphatic heterocycles. The van der Waals surface area contributed by atoms with E-state index in [1.54, 1.807) is 0 Å². The highest BCUT2D eigenvalue weighted by atomic mass is 35.5. The molecule has 1 aliphatic carbocycles. The average molecular weight is 119 g/mol. The number of halogens is 1. The Morgan fingerprint density at radius 1 is 1.71 bits per heavy atom. The van der Waals surface area contributed by atoms with Gasteiger partial charge in [-0.3, -0.25) is 0 Å². The van der Waals surface area contributed by atoms with Crippen molar-refractivity contribution in [3.8, 4) is 0 Å². The summed E-state index contributed by atoms with van der Waals surface area (Å²) in [6, 6.07) is 0. The zero-order valence-corrected chi connectivity index (χ0v) is 4.74. The van der Waals surface area contributed by atoms with E-state index >= 15 is 0 Å². The minimum Gasteiger partial charge on any atom is -0.480 e. The Bertz CT molecular complexity index is 86.1. The largest absolute Gasteiger partial charge is 0.480 e. The third-order valence-electron chi connectivity index (χ3n) is 0.938. The molecule has 7 heavy (non-hydrogen) atoms. The number of ether oxygens (including phenoxy) is 1. The summed E-state index contributed by atoms with van der Waals surface area (Å²) < 4.78 is 4.87. The lowest BCUT2D eigenvalue weighted by molar-refractivity contribution is 0.199. The van der Waals surface area contributed by atoms with Crippen molar-refractivity contribution in [2.24, 2.45) is 0 Å². The van der Waals surface area contributed by atoms with E-state index in [9.17, 15) is 0 Å². The van der Waals surface area contributed by atoms with Crippen LogP contribution in [0.15, 0.2) is 12.8 Å². The fourth-order valence-electron chi connectivity index (χ4n) is 0.365. The van der Waals surface area contributed by atoms with Gasteiger partial charge in [0.05, 0.1) is 6.26 Å². The van der Waals surface area contributed by atoms with Gasteiger partial charge < -0.3 is 4.74 Å². The molecule has 0 heterocycles. The second kappa shape index (κ2) is 1.41. The highest BCUT2D eigenvalue weighted by Crippen LogP contribution is 2.43. The Morgan fingerprint density at radius 3 is 2.43 bits per heavy atom. The van der Waals surface area contributed by atoms with Crippen LogP contribution in [-0.2, 0) is 4.74 Å². The van der Waals surface area contributed by atoms with E-state index in [-0.39, 0.29) is 5.06 Å². The maximum absolute atomic E-state index is 5.65. The first-order valence-electron chi connectivity index (χ1n) is 2.24. The van der Waals surface area contributed by atoms with Gasteiger partial charge in [-0.15, -0.1) is 0 Å². The molecule has 1 rings (SSSR count). The fourth-order valence-corrected chi connectivity index (χ4v) is 0.523. The van der Waals surface area contributed by atoms with Crippen molar-refractivity contribution in [1.82, 2.24) is 0 Å². The maximum Gasteiger partial charge on any atom is 0.181 e. The molecule has 0 unspecified atom stereocenters. The molecule has 40 valence electrons. The van der Waals surface area contributed by atoms with Gasteiger partial charge in [-0.1, -0.05) is 18.2 Å². The molecule has 0 spiro atoms. The molecule has 0 aromatic carbocycles. The molecule has 2 heteroatoms. The second-order valence-corrected chi connectivity index (χ2v) is 2.36. The molecule has 1 nitrogen and oxygen atoms in total. The summed E-state index contributed by atoms with van der Waals surface area (Å²) in [5.41, 5.74) is 0. The summed E-state index contributed by atoms with van der Waals surface area (Å²) in [4.78, 5) is 0. The van der Waals surface area contributed by atoms with Gasteiger partial charge in [-0.2, -0.15) is 0 Å². The Morgan fingerprint density at radius 2 is 2.29 bits per heavy atom. The van der Waals surface area contributed by atoms with Gasteiger partial charge in [0.1, 0.15) is 0 Å². The quantitative estimate of drug-likeness (QED) is 0.397. The average Bonchev–Trinajstić information content (AvgIpc) is 2.22. The lowest BCUT2D eigenvalue weighted by Gasteiger charge is -2.01. The minimum atomic E-state index is -0.345. The zero-order chi connectivity index (χ0) is 5.33. The predicted molar refractivity (Wildman–Crippen MR) is 29.1 cm³/mol. The van der Waals surface area contributed by atoms with Crippen LogP contribution in [0.3, 0.4) is 0 Å². The number of hydrogen-bond donors (Lipinski definition) is 0. The zero-order valence-electron chi connectivity index (χ0n) is 3.98. The normalized spacial score (nSPS) is 23.6. The van der Waals surface area contributed by atoms with Crippen LogP contribution < -0.4 is 0 Å². The van der Waals surface area contributed by atoms with Crippen LogP contribution >= 0.6 is 11.6 Å². The fraction of sp³-hybridized carbons (Fsp3) is 0.600. The summed E-state index contributed by atoms with van der Waals surface area (Å²) in [7, 11) is 0. The van der Waals surface area contributed by atoms with Crippen molar-refractivity contribution in [2.75, 3.05) is 0 Å². The number of alkyl halides is 1. The molecule has 0 N–H and O–H groups in total. The molecular formula is C5H7ClO. The van der Waals surface area contributed by atoms with Crippen molar-refractivity contribution >= 4 is 11.6 Å². The Balaban J connectivity index is 2.25. The third kappa shape index (κ3) is 1.10. The van der Waals surface area contributed by atoms with Crippen molar-refractivity contribution in [2.45, 2.75) is 17.9 Å². The Hall–Kier alpha value is -0.170. The van der Waals surface area contributed by atoms with Crippen molar-refractivity contribution in [1.29, 1.82) is 0 Å². The lowest BCUT2D eigenvalue weighted by Crippen LogP contribution is -1.96. The van der Waals surface area contributed by atoms with E-state index in [1.165, 1.54) is 6.26 Å². The molecule has 0 aromatic heterocycles. The highest BCUT2D eigenvalue weighted by Gasteiger charge is 2.42. The van der Waals surface area contributed by atoms with E-state index in [2.05, 4.69) is 6.58 Å². The van der Waals surface area contributed by atoms with Crippen LogP contribution in [0.25, 0.3) is 0 Å². The molecule has 1 fully saturated rings. The van der Waals surface area contributed by atoms with E-state index in [1.807, 2.05) is 0 Å². The Labute approximate surface area is 47.9 Å². The Kier molecular flexibility index (Phi) is 1.00. The molecule has 0 bridgehead atoms.